The molecule has 0 saturated heterocycles. The van der Waals surface area contributed by atoms with Crippen LogP contribution in [0.4, 0.5) is 0 Å². The minimum Gasteiger partial charge on any atom is -0.497 e. The number of pyridine rings is 1. The molecule has 1 atom stereocenters. The van der Waals surface area contributed by atoms with Crippen molar-refractivity contribution in [2.45, 2.75) is 26.3 Å². The fraction of sp³-hybridized carbons (Fsp3) is 0.300. The monoisotopic (exact) mass is 337 g/mol. The van der Waals surface area contributed by atoms with Gasteiger partial charge in [0.1, 0.15) is 11.4 Å². The zero-order valence-corrected chi connectivity index (χ0v) is 15.0. The Labute approximate surface area is 147 Å². The average molecular weight is 337 g/mol. The molecule has 25 heavy (non-hydrogen) atoms. The summed E-state index contributed by atoms with van der Waals surface area (Å²) in [6, 6.07) is 11.5. The summed E-state index contributed by atoms with van der Waals surface area (Å²) in [6.07, 6.45) is 2.56. The summed E-state index contributed by atoms with van der Waals surface area (Å²) in [4.78, 5) is 17.2. The molecular formula is C20H23N3O2. The lowest BCUT2D eigenvalue weighted by Gasteiger charge is -2.17. The standard InChI is InChI=1S/C20H23N3O2/c1-5-16(17-10-13(2)8-9-21-17)22-20(24)19-12-14-11-15(25-4)6-7-18(14)23(19)3/h6-12,16H,5H2,1-4H3,(H,22,24)/t16-/m0/s1. The number of carbonyl (C=O) groups excluding carboxylic acids is 1. The van der Waals surface area contributed by atoms with Gasteiger partial charge in [-0.25, -0.2) is 0 Å². The Balaban J connectivity index is 1.89. The molecule has 0 bridgehead atoms. The van der Waals surface area contributed by atoms with Crippen LogP contribution in [0.2, 0.25) is 0 Å². The number of hydrogen-bond donors (Lipinski definition) is 1. The third-order valence-corrected chi connectivity index (χ3v) is 4.49. The first kappa shape index (κ1) is 17.0. The lowest BCUT2D eigenvalue weighted by molar-refractivity contribution is 0.0927. The van der Waals surface area contributed by atoms with Crippen molar-refractivity contribution >= 4 is 16.8 Å². The number of nitrogens with zero attached hydrogens (tertiary/aromatic N) is 2. The Morgan fingerprint density at radius 2 is 2.08 bits per heavy atom. The average Bonchev–Trinajstić information content (AvgIpc) is 2.95. The SMILES string of the molecule is CC[C@H](NC(=O)c1cc2cc(OC)ccc2n1C)c1cc(C)ccn1. The summed E-state index contributed by atoms with van der Waals surface area (Å²) in [5.41, 5.74) is 3.63. The molecule has 2 aromatic heterocycles. The van der Waals surface area contributed by atoms with Crippen LogP contribution >= 0.6 is 0 Å². The van der Waals surface area contributed by atoms with Crippen LogP contribution in [-0.2, 0) is 7.05 Å². The van der Waals surface area contributed by atoms with Crippen molar-refractivity contribution in [1.29, 1.82) is 0 Å². The second-order valence-corrected chi connectivity index (χ2v) is 6.21. The molecule has 0 unspecified atom stereocenters. The van der Waals surface area contributed by atoms with E-state index in [1.807, 2.05) is 61.9 Å². The summed E-state index contributed by atoms with van der Waals surface area (Å²) < 4.78 is 7.17. The van der Waals surface area contributed by atoms with Gasteiger partial charge in [-0.15, -0.1) is 0 Å². The third-order valence-electron chi connectivity index (χ3n) is 4.49. The second-order valence-electron chi connectivity index (χ2n) is 6.21. The molecule has 0 aliphatic heterocycles. The predicted octanol–water partition coefficient (Wildman–Crippen LogP) is 3.77. The first-order chi connectivity index (χ1) is 12.0. The van der Waals surface area contributed by atoms with Crippen LogP contribution in [0.5, 0.6) is 5.75 Å². The molecule has 0 radical (unpaired) electrons. The van der Waals surface area contributed by atoms with Gasteiger partial charge in [0.25, 0.3) is 5.91 Å². The molecule has 5 heteroatoms. The van der Waals surface area contributed by atoms with Crippen LogP contribution in [0.15, 0.2) is 42.6 Å². The first-order valence-corrected chi connectivity index (χ1v) is 8.40. The number of aryl methyl sites for hydroxylation is 2. The quantitative estimate of drug-likeness (QED) is 0.771. The summed E-state index contributed by atoms with van der Waals surface area (Å²) >= 11 is 0. The fourth-order valence-corrected chi connectivity index (χ4v) is 3.04. The molecule has 0 spiro atoms. The molecule has 0 aliphatic carbocycles. The van der Waals surface area contributed by atoms with E-state index in [0.29, 0.717) is 5.69 Å². The summed E-state index contributed by atoms with van der Waals surface area (Å²) in [5.74, 6) is 0.674. The number of amides is 1. The van der Waals surface area contributed by atoms with Crippen molar-refractivity contribution < 1.29 is 9.53 Å². The highest BCUT2D eigenvalue weighted by atomic mass is 16.5. The van der Waals surface area contributed by atoms with E-state index >= 15 is 0 Å². The Hall–Kier alpha value is -2.82. The largest absolute Gasteiger partial charge is 0.497 e. The van der Waals surface area contributed by atoms with Gasteiger partial charge in [0.2, 0.25) is 0 Å². The number of fused-ring (bicyclic) bond motifs is 1. The van der Waals surface area contributed by atoms with Crippen molar-refractivity contribution in [2.75, 3.05) is 7.11 Å². The van der Waals surface area contributed by atoms with Crippen molar-refractivity contribution in [3.63, 3.8) is 0 Å². The fourth-order valence-electron chi connectivity index (χ4n) is 3.04. The van der Waals surface area contributed by atoms with Crippen LogP contribution in [0, 0.1) is 6.92 Å². The second kappa shape index (κ2) is 6.97. The van der Waals surface area contributed by atoms with E-state index < -0.39 is 0 Å². The maximum Gasteiger partial charge on any atom is 0.268 e. The Morgan fingerprint density at radius 1 is 1.28 bits per heavy atom. The highest BCUT2D eigenvalue weighted by Crippen LogP contribution is 2.24. The lowest BCUT2D eigenvalue weighted by atomic mass is 10.1. The van der Waals surface area contributed by atoms with Crippen LogP contribution < -0.4 is 10.1 Å². The van der Waals surface area contributed by atoms with Gasteiger partial charge in [-0.2, -0.15) is 0 Å². The maximum absolute atomic E-state index is 12.8. The topological polar surface area (TPSA) is 56.1 Å². The van der Waals surface area contributed by atoms with Crippen molar-refractivity contribution in [1.82, 2.24) is 14.9 Å². The maximum atomic E-state index is 12.8. The van der Waals surface area contributed by atoms with E-state index in [1.165, 1.54) is 0 Å². The first-order valence-electron chi connectivity index (χ1n) is 8.40. The molecule has 5 nitrogen and oxygen atoms in total. The van der Waals surface area contributed by atoms with Gasteiger partial charge in [-0.05, 0) is 55.3 Å². The Kier molecular flexibility index (Phi) is 4.74. The predicted molar refractivity (Wildman–Crippen MR) is 98.9 cm³/mol. The zero-order chi connectivity index (χ0) is 18.0. The molecule has 3 aromatic rings. The van der Waals surface area contributed by atoms with E-state index in [9.17, 15) is 4.79 Å². The number of ether oxygens (including phenoxy) is 1. The van der Waals surface area contributed by atoms with Gasteiger partial charge in [-0.3, -0.25) is 9.78 Å². The minimum atomic E-state index is -0.111. The van der Waals surface area contributed by atoms with Gasteiger partial charge in [0.05, 0.1) is 18.8 Å². The normalized spacial score (nSPS) is 12.2. The van der Waals surface area contributed by atoms with E-state index in [2.05, 4.69) is 10.3 Å². The zero-order valence-electron chi connectivity index (χ0n) is 15.0. The van der Waals surface area contributed by atoms with Crippen LogP contribution in [-0.4, -0.2) is 22.6 Å². The van der Waals surface area contributed by atoms with Crippen molar-refractivity contribution in [2.24, 2.45) is 7.05 Å². The Bertz CT molecular complexity index is 914. The molecule has 0 aliphatic rings. The number of rotatable bonds is 5. The van der Waals surface area contributed by atoms with Gasteiger partial charge < -0.3 is 14.6 Å². The van der Waals surface area contributed by atoms with E-state index in [-0.39, 0.29) is 11.9 Å². The molecule has 3 rings (SSSR count). The molecule has 1 aromatic carbocycles. The molecule has 0 fully saturated rings. The van der Waals surface area contributed by atoms with Crippen molar-refractivity contribution in [3.8, 4) is 5.75 Å². The summed E-state index contributed by atoms with van der Waals surface area (Å²) in [5, 5.41) is 4.08. The number of aromatic nitrogens is 2. The number of nitrogens with one attached hydrogen (secondary N) is 1. The molecule has 2 heterocycles. The van der Waals surface area contributed by atoms with E-state index in [4.69, 9.17) is 4.74 Å². The number of hydrogen-bond acceptors (Lipinski definition) is 3. The summed E-state index contributed by atoms with van der Waals surface area (Å²) in [6.45, 7) is 4.07. The lowest BCUT2D eigenvalue weighted by Crippen LogP contribution is -2.30. The Morgan fingerprint density at radius 3 is 2.76 bits per heavy atom. The smallest absolute Gasteiger partial charge is 0.268 e. The highest BCUT2D eigenvalue weighted by Gasteiger charge is 2.19. The van der Waals surface area contributed by atoms with E-state index in [0.717, 1.165) is 34.3 Å². The van der Waals surface area contributed by atoms with Crippen LogP contribution in [0.25, 0.3) is 10.9 Å². The van der Waals surface area contributed by atoms with Gasteiger partial charge in [-0.1, -0.05) is 6.92 Å². The van der Waals surface area contributed by atoms with E-state index in [1.54, 1.807) is 13.3 Å². The van der Waals surface area contributed by atoms with Crippen LogP contribution in [0.3, 0.4) is 0 Å². The highest BCUT2D eigenvalue weighted by molar-refractivity contribution is 5.99. The van der Waals surface area contributed by atoms with Gasteiger partial charge in [0, 0.05) is 24.1 Å². The third kappa shape index (κ3) is 3.36. The molecule has 1 N–H and O–H groups in total. The van der Waals surface area contributed by atoms with Gasteiger partial charge >= 0.3 is 0 Å². The molecule has 0 saturated carbocycles. The number of methoxy groups -OCH3 is 1. The molecule has 1 amide bonds. The minimum absolute atomic E-state index is 0.104. The molecule has 130 valence electrons. The number of carbonyl (C=O) groups is 1. The summed E-state index contributed by atoms with van der Waals surface area (Å²) in [7, 11) is 3.54. The van der Waals surface area contributed by atoms with Gasteiger partial charge in [0.15, 0.2) is 0 Å². The number of benzene rings is 1. The van der Waals surface area contributed by atoms with Crippen LogP contribution in [0.1, 0.15) is 41.1 Å². The molecular weight excluding hydrogens is 314 g/mol. The van der Waals surface area contributed by atoms with Crippen molar-refractivity contribution in [3.05, 3.63) is 59.5 Å².